The van der Waals surface area contributed by atoms with E-state index in [0.29, 0.717) is 30.0 Å². The lowest BCUT2D eigenvalue weighted by Crippen LogP contribution is -2.45. The van der Waals surface area contributed by atoms with Crippen LogP contribution in [-0.2, 0) is 14.8 Å². The Morgan fingerprint density at radius 3 is 2.20 bits per heavy atom. The van der Waals surface area contributed by atoms with Crippen LogP contribution in [0.3, 0.4) is 0 Å². The summed E-state index contributed by atoms with van der Waals surface area (Å²) in [7, 11) is -3.70. The molecule has 0 radical (unpaired) electrons. The first-order valence-corrected chi connectivity index (χ1v) is 11.9. The number of amides is 2. The molecule has 0 saturated carbocycles. The second-order valence-electron chi connectivity index (χ2n) is 7.46. The zero-order valence-electron chi connectivity index (χ0n) is 17.2. The topological polar surface area (TPSA) is 86.8 Å². The van der Waals surface area contributed by atoms with Gasteiger partial charge in [0.1, 0.15) is 6.04 Å². The maximum absolute atomic E-state index is 13.0. The molecule has 2 aromatic rings. The second-order valence-corrected chi connectivity index (χ2v) is 9.32. The number of rotatable bonds is 6. The Balaban J connectivity index is 1.84. The number of nitrogens with zero attached hydrogens (tertiary/aromatic N) is 2. The van der Waals surface area contributed by atoms with E-state index in [1.54, 1.807) is 59.5 Å². The van der Waals surface area contributed by atoms with Gasteiger partial charge in [0, 0.05) is 13.1 Å². The van der Waals surface area contributed by atoms with Gasteiger partial charge in [-0.3, -0.25) is 13.9 Å². The number of likely N-dealkylation sites (tertiary alicyclic amines) is 1. The number of nitrogens with one attached hydrogen (secondary N) is 1. The van der Waals surface area contributed by atoms with Crippen molar-refractivity contribution in [1.29, 1.82) is 0 Å². The van der Waals surface area contributed by atoms with Gasteiger partial charge in [-0.1, -0.05) is 30.3 Å². The lowest BCUT2D eigenvalue weighted by atomic mass is 10.1. The summed E-state index contributed by atoms with van der Waals surface area (Å²) in [5.41, 5.74) is 1.19. The van der Waals surface area contributed by atoms with Crippen molar-refractivity contribution in [2.45, 2.75) is 32.2 Å². The molecule has 0 aliphatic carbocycles. The number of hydrogen-bond donors (Lipinski definition) is 1. The molecule has 0 aromatic heterocycles. The molecule has 30 heavy (non-hydrogen) atoms. The summed E-state index contributed by atoms with van der Waals surface area (Å²) in [4.78, 5) is 27.7. The van der Waals surface area contributed by atoms with Crippen LogP contribution in [0.5, 0.6) is 0 Å². The first kappa shape index (κ1) is 21.8. The van der Waals surface area contributed by atoms with Gasteiger partial charge in [0.05, 0.1) is 23.2 Å². The molecule has 3 rings (SSSR count). The minimum absolute atomic E-state index is 0.124. The van der Waals surface area contributed by atoms with E-state index >= 15 is 0 Å². The van der Waals surface area contributed by atoms with Gasteiger partial charge in [0.2, 0.25) is 15.9 Å². The fourth-order valence-corrected chi connectivity index (χ4v) is 4.84. The third-order valence-corrected chi connectivity index (χ3v) is 6.40. The molecule has 8 heteroatoms. The molecule has 2 amide bonds. The summed E-state index contributed by atoms with van der Waals surface area (Å²) in [6, 6.07) is 14.3. The highest BCUT2D eigenvalue weighted by molar-refractivity contribution is 7.92. The number of sulfonamides is 1. The molecule has 0 bridgehead atoms. The number of carbonyl (C=O) groups is 2. The highest BCUT2D eigenvalue weighted by atomic mass is 32.2. The summed E-state index contributed by atoms with van der Waals surface area (Å²) in [6.07, 6.45) is 4.12. The molecule has 1 aliphatic rings. The predicted molar refractivity (Wildman–Crippen MR) is 118 cm³/mol. The fourth-order valence-electron chi connectivity index (χ4n) is 3.67. The van der Waals surface area contributed by atoms with Crippen LogP contribution in [0.25, 0.3) is 0 Å². The predicted octanol–water partition coefficient (Wildman–Crippen LogP) is 3.11. The lowest BCUT2D eigenvalue weighted by molar-refractivity contribution is -0.116. The van der Waals surface area contributed by atoms with Crippen LogP contribution >= 0.6 is 0 Å². The first-order chi connectivity index (χ1) is 14.3. The van der Waals surface area contributed by atoms with E-state index in [1.807, 2.05) is 0 Å². The van der Waals surface area contributed by atoms with Crippen molar-refractivity contribution in [2.75, 3.05) is 29.0 Å². The quantitative estimate of drug-likeness (QED) is 0.764. The minimum Gasteiger partial charge on any atom is -0.339 e. The van der Waals surface area contributed by atoms with Gasteiger partial charge in [0.15, 0.2) is 0 Å². The number of benzene rings is 2. The summed E-state index contributed by atoms with van der Waals surface area (Å²) < 4.78 is 25.9. The minimum atomic E-state index is -3.70. The molecule has 2 aromatic carbocycles. The van der Waals surface area contributed by atoms with Crippen LogP contribution in [-0.4, -0.2) is 50.5 Å². The molecule has 1 saturated heterocycles. The van der Waals surface area contributed by atoms with Crippen LogP contribution in [0.2, 0.25) is 0 Å². The van der Waals surface area contributed by atoms with E-state index in [1.165, 1.54) is 6.92 Å². The van der Waals surface area contributed by atoms with E-state index < -0.39 is 22.0 Å². The van der Waals surface area contributed by atoms with Crippen molar-refractivity contribution in [3.05, 3.63) is 60.2 Å². The highest BCUT2D eigenvalue weighted by Gasteiger charge is 2.30. The van der Waals surface area contributed by atoms with Crippen molar-refractivity contribution in [3.63, 3.8) is 0 Å². The summed E-state index contributed by atoms with van der Waals surface area (Å²) in [5, 5.41) is 2.76. The maximum atomic E-state index is 13.0. The van der Waals surface area contributed by atoms with Gasteiger partial charge < -0.3 is 10.2 Å². The van der Waals surface area contributed by atoms with Gasteiger partial charge in [-0.25, -0.2) is 8.42 Å². The third kappa shape index (κ3) is 4.99. The third-order valence-electron chi connectivity index (χ3n) is 5.16. The molecule has 1 atom stereocenters. The van der Waals surface area contributed by atoms with Gasteiger partial charge in [-0.2, -0.15) is 0 Å². The normalized spacial score (nSPS) is 15.3. The van der Waals surface area contributed by atoms with Crippen molar-refractivity contribution in [3.8, 4) is 0 Å². The van der Waals surface area contributed by atoms with Crippen molar-refractivity contribution in [2.24, 2.45) is 0 Å². The first-order valence-electron chi connectivity index (χ1n) is 10.0. The number of piperidine rings is 1. The second kappa shape index (κ2) is 9.30. The van der Waals surface area contributed by atoms with E-state index in [0.717, 1.165) is 29.8 Å². The number of anilines is 2. The van der Waals surface area contributed by atoms with Gasteiger partial charge in [-0.15, -0.1) is 0 Å². The Morgan fingerprint density at radius 1 is 0.967 bits per heavy atom. The highest BCUT2D eigenvalue weighted by Crippen LogP contribution is 2.23. The number of para-hydroxylation sites is 2. The smallest absolute Gasteiger partial charge is 0.255 e. The van der Waals surface area contributed by atoms with Crippen LogP contribution in [0.15, 0.2) is 54.6 Å². The van der Waals surface area contributed by atoms with Crippen molar-refractivity contribution >= 4 is 33.2 Å². The zero-order chi connectivity index (χ0) is 21.7. The monoisotopic (exact) mass is 429 g/mol. The standard InChI is InChI=1S/C22H27N3O4S/c1-17(25(30(2,28)29)18-11-5-3-6-12-18)21(26)23-20-14-8-7-13-19(20)22(27)24-15-9-4-10-16-24/h3,5-8,11-14,17H,4,9-10,15-16H2,1-2H3,(H,23,26). The molecule has 0 spiro atoms. The summed E-state index contributed by atoms with van der Waals surface area (Å²) in [6.45, 7) is 2.93. The van der Waals surface area contributed by atoms with E-state index in [4.69, 9.17) is 0 Å². The van der Waals surface area contributed by atoms with Crippen LogP contribution < -0.4 is 9.62 Å². The van der Waals surface area contributed by atoms with E-state index in [2.05, 4.69) is 5.32 Å². The molecular weight excluding hydrogens is 402 g/mol. The lowest BCUT2D eigenvalue weighted by Gasteiger charge is -2.29. The van der Waals surface area contributed by atoms with Crippen molar-refractivity contribution in [1.82, 2.24) is 4.90 Å². The Labute approximate surface area is 177 Å². The maximum Gasteiger partial charge on any atom is 0.255 e. The molecule has 160 valence electrons. The van der Waals surface area contributed by atoms with Gasteiger partial charge >= 0.3 is 0 Å². The molecule has 1 heterocycles. The SMILES string of the molecule is CC(C(=O)Nc1ccccc1C(=O)N1CCCCC1)N(c1ccccc1)S(C)(=O)=O. The zero-order valence-corrected chi connectivity index (χ0v) is 18.1. The van der Waals surface area contributed by atoms with Gasteiger partial charge in [0.25, 0.3) is 5.91 Å². The Kier molecular flexibility index (Phi) is 6.77. The number of carbonyl (C=O) groups excluding carboxylic acids is 2. The Hall–Kier alpha value is -2.87. The Morgan fingerprint density at radius 2 is 1.57 bits per heavy atom. The van der Waals surface area contributed by atoms with Crippen molar-refractivity contribution < 1.29 is 18.0 Å². The van der Waals surface area contributed by atoms with Crippen LogP contribution in [0.1, 0.15) is 36.5 Å². The molecule has 1 fully saturated rings. The molecule has 7 nitrogen and oxygen atoms in total. The fraction of sp³-hybridized carbons (Fsp3) is 0.364. The van der Waals surface area contributed by atoms with Crippen LogP contribution in [0, 0.1) is 0 Å². The average molecular weight is 430 g/mol. The average Bonchev–Trinajstić information content (AvgIpc) is 2.74. The molecule has 1 aliphatic heterocycles. The van der Waals surface area contributed by atoms with E-state index in [9.17, 15) is 18.0 Å². The summed E-state index contributed by atoms with van der Waals surface area (Å²) in [5.74, 6) is -0.635. The molecule has 1 N–H and O–H groups in total. The summed E-state index contributed by atoms with van der Waals surface area (Å²) >= 11 is 0. The largest absolute Gasteiger partial charge is 0.339 e. The number of hydrogen-bond acceptors (Lipinski definition) is 4. The molecule has 1 unspecified atom stereocenters. The Bertz CT molecular complexity index is 1000. The molecular formula is C22H27N3O4S. The van der Waals surface area contributed by atoms with E-state index in [-0.39, 0.29) is 5.91 Å². The van der Waals surface area contributed by atoms with Crippen LogP contribution in [0.4, 0.5) is 11.4 Å². The van der Waals surface area contributed by atoms with Gasteiger partial charge in [-0.05, 0) is 50.5 Å².